The van der Waals surface area contributed by atoms with Crippen LogP contribution < -0.4 is 11.1 Å². The number of hydrogen-bond acceptors (Lipinski definition) is 3. The molecule has 0 unspecified atom stereocenters. The summed E-state index contributed by atoms with van der Waals surface area (Å²) in [5.74, 6) is 1.09. The number of nitrogens with zero attached hydrogens (tertiary/aromatic N) is 1. The van der Waals surface area contributed by atoms with Crippen molar-refractivity contribution >= 4 is 11.7 Å². The lowest BCUT2D eigenvalue weighted by Crippen LogP contribution is -2.24. The molecule has 0 bridgehead atoms. The minimum Gasteiger partial charge on any atom is -0.384 e. The molecule has 0 aliphatic heterocycles. The molecule has 0 saturated carbocycles. The van der Waals surface area contributed by atoms with Gasteiger partial charge in [-0.1, -0.05) is 39.5 Å². The third kappa shape index (κ3) is 6.79. The van der Waals surface area contributed by atoms with E-state index in [9.17, 15) is 4.79 Å². The molecule has 3 N–H and O–H groups in total. The third-order valence-corrected chi connectivity index (χ3v) is 3.04. The number of carbonyl (C=O) groups is 1. The summed E-state index contributed by atoms with van der Waals surface area (Å²) in [7, 11) is 0. The molecule has 0 aliphatic rings. The van der Waals surface area contributed by atoms with Crippen LogP contribution in [0.1, 0.15) is 56.3 Å². The Balaban J connectivity index is 2.11. The van der Waals surface area contributed by atoms with E-state index >= 15 is 0 Å². The van der Waals surface area contributed by atoms with Crippen LogP contribution in [-0.4, -0.2) is 17.4 Å². The highest BCUT2D eigenvalue weighted by atomic mass is 16.1. The predicted octanol–water partition coefficient (Wildman–Crippen LogP) is 3.00. The number of nitrogens with two attached hydrogens (primary N) is 1. The van der Waals surface area contributed by atoms with Gasteiger partial charge in [0.25, 0.3) is 5.91 Å². The molecular formula is C15H25N3O. The number of amides is 1. The van der Waals surface area contributed by atoms with Crippen LogP contribution >= 0.6 is 0 Å². The Morgan fingerprint density at radius 1 is 1.32 bits per heavy atom. The number of rotatable bonds is 8. The summed E-state index contributed by atoms with van der Waals surface area (Å²) >= 11 is 0. The first-order valence-electron chi connectivity index (χ1n) is 7.09. The van der Waals surface area contributed by atoms with E-state index in [1.54, 1.807) is 18.3 Å². The van der Waals surface area contributed by atoms with Crippen molar-refractivity contribution in [2.75, 3.05) is 12.3 Å². The zero-order valence-electron chi connectivity index (χ0n) is 12.0. The monoisotopic (exact) mass is 263 g/mol. The van der Waals surface area contributed by atoms with Crippen LogP contribution in [-0.2, 0) is 0 Å². The van der Waals surface area contributed by atoms with Gasteiger partial charge in [-0.2, -0.15) is 0 Å². The summed E-state index contributed by atoms with van der Waals surface area (Å²) in [5.41, 5.74) is 6.12. The molecule has 1 heterocycles. The summed E-state index contributed by atoms with van der Waals surface area (Å²) in [6, 6.07) is 3.27. The van der Waals surface area contributed by atoms with Crippen molar-refractivity contribution in [1.82, 2.24) is 10.3 Å². The second kappa shape index (κ2) is 8.51. The van der Waals surface area contributed by atoms with E-state index in [4.69, 9.17) is 5.73 Å². The Kier molecular flexibility index (Phi) is 6.93. The minimum absolute atomic E-state index is 0.0729. The van der Waals surface area contributed by atoms with Crippen molar-refractivity contribution in [3.63, 3.8) is 0 Å². The Morgan fingerprint density at radius 2 is 2.05 bits per heavy atom. The second-order valence-electron chi connectivity index (χ2n) is 5.32. The zero-order chi connectivity index (χ0) is 14.1. The highest BCUT2D eigenvalue weighted by molar-refractivity contribution is 5.94. The molecule has 4 nitrogen and oxygen atoms in total. The van der Waals surface area contributed by atoms with E-state index in [1.807, 2.05) is 0 Å². The van der Waals surface area contributed by atoms with E-state index in [0.29, 0.717) is 11.4 Å². The maximum atomic E-state index is 11.8. The fourth-order valence-electron chi connectivity index (χ4n) is 1.92. The van der Waals surface area contributed by atoms with Crippen LogP contribution in [0.5, 0.6) is 0 Å². The molecular weight excluding hydrogens is 238 g/mol. The standard InChI is InChI=1S/C15H25N3O/c1-12(2)7-5-3-4-6-9-18-15(19)13-8-10-17-14(16)11-13/h8,10-12H,3-7,9H2,1-2H3,(H2,16,17)(H,18,19). The topological polar surface area (TPSA) is 68.0 Å². The Hall–Kier alpha value is -1.58. The van der Waals surface area contributed by atoms with E-state index in [0.717, 1.165) is 18.9 Å². The molecule has 1 aromatic heterocycles. The highest BCUT2D eigenvalue weighted by Gasteiger charge is 2.04. The summed E-state index contributed by atoms with van der Waals surface area (Å²) in [5, 5.41) is 2.90. The molecule has 0 spiro atoms. The lowest BCUT2D eigenvalue weighted by molar-refractivity contribution is 0.0953. The van der Waals surface area contributed by atoms with Crippen molar-refractivity contribution in [2.24, 2.45) is 5.92 Å². The smallest absolute Gasteiger partial charge is 0.251 e. The fraction of sp³-hybridized carbons (Fsp3) is 0.600. The average Bonchev–Trinajstić information content (AvgIpc) is 2.37. The van der Waals surface area contributed by atoms with Gasteiger partial charge in [-0.25, -0.2) is 4.98 Å². The first kappa shape index (κ1) is 15.5. The van der Waals surface area contributed by atoms with Crippen LogP contribution in [0.4, 0.5) is 5.82 Å². The summed E-state index contributed by atoms with van der Waals surface area (Å²) < 4.78 is 0. The molecule has 106 valence electrons. The van der Waals surface area contributed by atoms with Gasteiger partial charge in [-0.15, -0.1) is 0 Å². The van der Waals surface area contributed by atoms with Crippen molar-refractivity contribution in [1.29, 1.82) is 0 Å². The quantitative estimate of drug-likeness (QED) is 0.708. The molecule has 1 rings (SSSR count). The summed E-state index contributed by atoms with van der Waals surface area (Å²) in [4.78, 5) is 15.6. The summed E-state index contributed by atoms with van der Waals surface area (Å²) in [6.45, 7) is 5.23. The van der Waals surface area contributed by atoms with Gasteiger partial charge in [-0.3, -0.25) is 4.79 Å². The van der Waals surface area contributed by atoms with Crippen molar-refractivity contribution < 1.29 is 4.79 Å². The molecule has 0 radical (unpaired) electrons. The molecule has 1 amide bonds. The van der Waals surface area contributed by atoms with Crippen LogP contribution in [0.2, 0.25) is 0 Å². The predicted molar refractivity (Wildman–Crippen MR) is 78.9 cm³/mol. The Labute approximate surface area is 115 Å². The Morgan fingerprint density at radius 3 is 2.74 bits per heavy atom. The number of hydrogen-bond donors (Lipinski definition) is 2. The number of nitrogen functional groups attached to an aromatic ring is 1. The van der Waals surface area contributed by atoms with Crippen molar-refractivity contribution in [3.8, 4) is 0 Å². The second-order valence-corrected chi connectivity index (χ2v) is 5.32. The number of aromatic nitrogens is 1. The highest BCUT2D eigenvalue weighted by Crippen LogP contribution is 2.09. The van der Waals surface area contributed by atoms with Gasteiger partial charge in [0.1, 0.15) is 5.82 Å². The van der Waals surface area contributed by atoms with Gasteiger partial charge in [0.2, 0.25) is 0 Å². The van der Waals surface area contributed by atoms with Crippen LogP contribution in [0, 0.1) is 5.92 Å². The minimum atomic E-state index is -0.0729. The summed E-state index contributed by atoms with van der Waals surface area (Å²) in [6.07, 6.45) is 7.58. The lowest BCUT2D eigenvalue weighted by atomic mass is 10.0. The maximum absolute atomic E-state index is 11.8. The molecule has 19 heavy (non-hydrogen) atoms. The SMILES string of the molecule is CC(C)CCCCCCNC(=O)c1ccnc(N)c1. The number of anilines is 1. The largest absolute Gasteiger partial charge is 0.384 e. The Bertz CT molecular complexity index is 391. The molecule has 0 atom stereocenters. The van der Waals surface area contributed by atoms with E-state index in [1.165, 1.54) is 25.7 Å². The molecule has 0 aliphatic carbocycles. The van der Waals surface area contributed by atoms with Crippen LogP contribution in [0.25, 0.3) is 0 Å². The average molecular weight is 263 g/mol. The molecule has 0 fully saturated rings. The first-order valence-corrected chi connectivity index (χ1v) is 7.09. The number of nitrogens with one attached hydrogen (secondary N) is 1. The molecule has 0 saturated heterocycles. The first-order chi connectivity index (χ1) is 9.09. The van der Waals surface area contributed by atoms with E-state index in [-0.39, 0.29) is 5.91 Å². The van der Waals surface area contributed by atoms with Crippen LogP contribution in [0.15, 0.2) is 18.3 Å². The van der Waals surface area contributed by atoms with Gasteiger partial charge in [0, 0.05) is 18.3 Å². The maximum Gasteiger partial charge on any atom is 0.251 e. The van der Waals surface area contributed by atoms with Gasteiger partial charge in [0.15, 0.2) is 0 Å². The molecule has 4 heteroatoms. The van der Waals surface area contributed by atoms with Crippen molar-refractivity contribution in [3.05, 3.63) is 23.9 Å². The normalized spacial score (nSPS) is 10.7. The molecule has 0 aromatic carbocycles. The lowest BCUT2D eigenvalue weighted by Gasteiger charge is -2.06. The van der Waals surface area contributed by atoms with E-state index in [2.05, 4.69) is 24.1 Å². The van der Waals surface area contributed by atoms with Crippen LogP contribution in [0.3, 0.4) is 0 Å². The van der Waals surface area contributed by atoms with Crippen molar-refractivity contribution in [2.45, 2.75) is 46.0 Å². The van der Waals surface area contributed by atoms with Gasteiger partial charge in [-0.05, 0) is 24.5 Å². The number of carbonyl (C=O) groups excluding carboxylic acids is 1. The third-order valence-electron chi connectivity index (χ3n) is 3.04. The number of pyridine rings is 1. The fourth-order valence-corrected chi connectivity index (χ4v) is 1.92. The van der Waals surface area contributed by atoms with E-state index < -0.39 is 0 Å². The zero-order valence-corrected chi connectivity index (χ0v) is 12.0. The van der Waals surface area contributed by atoms with Gasteiger partial charge >= 0.3 is 0 Å². The van der Waals surface area contributed by atoms with Gasteiger partial charge < -0.3 is 11.1 Å². The van der Waals surface area contributed by atoms with Gasteiger partial charge in [0.05, 0.1) is 0 Å². The molecule has 1 aromatic rings. The number of unbranched alkanes of at least 4 members (excludes halogenated alkanes) is 3.